The van der Waals surface area contributed by atoms with E-state index in [2.05, 4.69) is 10.6 Å². The van der Waals surface area contributed by atoms with Gasteiger partial charge in [-0.05, 0) is 12.5 Å². The van der Waals surface area contributed by atoms with Gasteiger partial charge in [0.15, 0.2) is 0 Å². The third kappa shape index (κ3) is 5.47. The highest BCUT2D eigenvalue weighted by molar-refractivity contribution is 5.92. The molecule has 1 aromatic rings. The Labute approximate surface area is 121 Å². The highest BCUT2D eigenvalue weighted by Crippen LogP contribution is 2.16. The van der Waals surface area contributed by atoms with Crippen molar-refractivity contribution in [2.45, 2.75) is 32.2 Å². The van der Waals surface area contributed by atoms with Gasteiger partial charge in [-0.1, -0.05) is 25.8 Å². The number of nitro groups is 1. The van der Waals surface area contributed by atoms with E-state index in [0.717, 1.165) is 6.42 Å². The van der Waals surface area contributed by atoms with E-state index in [4.69, 9.17) is 5.11 Å². The number of carbonyl (C=O) groups excluding carboxylic acids is 1. The lowest BCUT2D eigenvalue weighted by Crippen LogP contribution is -2.42. The van der Waals surface area contributed by atoms with Crippen LogP contribution in [0.15, 0.2) is 24.3 Å². The maximum Gasteiger partial charge on any atom is 0.326 e. The molecule has 114 valence electrons. The molecule has 1 atom stereocenters. The van der Waals surface area contributed by atoms with Crippen molar-refractivity contribution in [1.82, 2.24) is 5.32 Å². The molecule has 1 aromatic carbocycles. The molecular weight excluding hydrogens is 278 g/mol. The molecule has 0 saturated heterocycles. The number of urea groups is 1. The quantitative estimate of drug-likeness (QED) is 0.526. The van der Waals surface area contributed by atoms with Crippen LogP contribution in [-0.2, 0) is 4.79 Å². The SMILES string of the molecule is CCCCC(NC(=O)Nc1cccc([N+](=O)[O-])c1)C(=O)O. The standard InChI is InChI=1S/C13H17N3O5/c1-2-3-7-11(12(17)18)15-13(19)14-9-5-4-6-10(8-9)16(20)21/h4-6,8,11H,2-3,7H2,1H3,(H,17,18)(H2,14,15,19). The van der Waals surface area contributed by atoms with Gasteiger partial charge < -0.3 is 15.7 Å². The molecule has 0 spiro atoms. The number of aliphatic carboxylic acids is 1. The van der Waals surface area contributed by atoms with Gasteiger partial charge in [-0.25, -0.2) is 9.59 Å². The van der Waals surface area contributed by atoms with Gasteiger partial charge in [-0.15, -0.1) is 0 Å². The number of non-ortho nitro benzene ring substituents is 1. The molecule has 0 heterocycles. The molecule has 0 aliphatic carbocycles. The van der Waals surface area contributed by atoms with E-state index in [1.54, 1.807) is 0 Å². The zero-order valence-electron chi connectivity index (χ0n) is 11.5. The fourth-order valence-corrected chi connectivity index (χ4v) is 1.69. The first-order valence-electron chi connectivity index (χ1n) is 6.48. The van der Waals surface area contributed by atoms with Crippen molar-refractivity contribution >= 4 is 23.4 Å². The Balaban J connectivity index is 2.65. The predicted molar refractivity (Wildman–Crippen MR) is 76.2 cm³/mol. The molecule has 0 saturated carbocycles. The smallest absolute Gasteiger partial charge is 0.326 e. The molecule has 2 amide bonds. The van der Waals surface area contributed by atoms with E-state index >= 15 is 0 Å². The van der Waals surface area contributed by atoms with Crippen molar-refractivity contribution in [1.29, 1.82) is 0 Å². The average Bonchev–Trinajstić information content (AvgIpc) is 2.43. The second-order valence-electron chi connectivity index (χ2n) is 4.44. The van der Waals surface area contributed by atoms with Gasteiger partial charge in [0.2, 0.25) is 0 Å². The van der Waals surface area contributed by atoms with Crippen LogP contribution >= 0.6 is 0 Å². The number of rotatable bonds is 7. The molecule has 0 aromatic heterocycles. The number of carboxylic acid groups (broad SMARTS) is 1. The Morgan fingerprint density at radius 3 is 2.71 bits per heavy atom. The molecule has 0 bridgehead atoms. The number of hydrogen-bond acceptors (Lipinski definition) is 4. The Hall–Kier alpha value is -2.64. The number of nitrogens with zero attached hydrogens (tertiary/aromatic N) is 1. The highest BCUT2D eigenvalue weighted by atomic mass is 16.6. The molecule has 8 heteroatoms. The number of carboxylic acids is 1. The molecule has 0 aliphatic heterocycles. The summed E-state index contributed by atoms with van der Waals surface area (Å²) in [5.41, 5.74) is 0.0647. The first-order valence-corrected chi connectivity index (χ1v) is 6.48. The van der Waals surface area contributed by atoms with Crippen molar-refractivity contribution in [2.75, 3.05) is 5.32 Å². The maximum atomic E-state index is 11.7. The highest BCUT2D eigenvalue weighted by Gasteiger charge is 2.19. The molecule has 1 unspecified atom stereocenters. The summed E-state index contributed by atoms with van der Waals surface area (Å²) in [7, 11) is 0. The van der Waals surface area contributed by atoms with Gasteiger partial charge in [-0.3, -0.25) is 10.1 Å². The summed E-state index contributed by atoms with van der Waals surface area (Å²) in [5.74, 6) is -1.11. The van der Waals surface area contributed by atoms with Crippen molar-refractivity contribution in [3.8, 4) is 0 Å². The number of carbonyl (C=O) groups is 2. The number of unbranched alkanes of at least 4 members (excludes halogenated alkanes) is 1. The summed E-state index contributed by atoms with van der Waals surface area (Å²) in [6.45, 7) is 1.92. The van der Waals surface area contributed by atoms with Gasteiger partial charge in [0, 0.05) is 17.8 Å². The van der Waals surface area contributed by atoms with Gasteiger partial charge in [0.1, 0.15) is 6.04 Å². The number of anilines is 1. The van der Waals surface area contributed by atoms with Gasteiger partial charge in [-0.2, -0.15) is 0 Å². The number of nitrogens with one attached hydrogen (secondary N) is 2. The number of benzene rings is 1. The summed E-state index contributed by atoms with van der Waals surface area (Å²) < 4.78 is 0. The minimum atomic E-state index is -1.11. The maximum absolute atomic E-state index is 11.7. The number of hydrogen-bond donors (Lipinski definition) is 3. The van der Waals surface area contributed by atoms with Crippen LogP contribution in [0.25, 0.3) is 0 Å². The zero-order valence-corrected chi connectivity index (χ0v) is 11.5. The topological polar surface area (TPSA) is 122 Å². The van der Waals surface area contributed by atoms with Crippen molar-refractivity contribution in [3.05, 3.63) is 34.4 Å². The van der Waals surface area contributed by atoms with E-state index in [-0.39, 0.29) is 11.4 Å². The Morgan fingerprint density at radius 1 is 1.43 bits per heavy atom. The minimum Gasteiger partial charge on any atom is -0.480 e. The molecule has 0 fully saturated rings. The van der Waals surface area contributed by atoms with Crippen LogP contribution < -0.4 is 10.6 Å². The molecular formula is C13H17N3O5. The van der Waals surface area contributed by atoms with Crippen LogP contribution in [0.1, 0.15) is 26.2 Å². The van der Waals surface area contributed by atoms with E-state index in [0.29, 0.717) is 12.8 Å². The molecule has 21 heavy (non-hydrogen) atoms. The van der Waals surface area contributed by atoms with Crippen LogP contribution in [0.2, 0.25) is 0 Å². The first kappa shape index (κ1) is 16.4. The van der Waals surface area contributed by atoms with Gasteiger partial charge >= 0.3 is 12.0 Å². The molecule has 0 aliphatic rings. The van der Waals surface area contributed by atoms with Crippen LogP contribution in [0, 0.1) is 10.1 Å². The van der Waals surface area contributed by atoms with Gasteiger partial charge in [0.05, 0.1) is 4.92 Å². The van der Waals surface area contributed by atoms with Gasteiger partial charge in [0.25, 0.3) is 5.69 Å². The summed E-state index contributed by atoms with van der Waals surface area (Å²) in [6.07, 6.45) is 1.82. The largest absolute Gasteiger partial charge is 0.480 e. The fourth-order valence-electron chi connectivity index (χ4n) is 1.69. The van der Waals surface area contributed by atoms with Crippen LogP contribution in [0.5, 0.6) is 0 Å². The summed E-state index contributed by atoms with van der Waals surface area (Å²) in [4.78, 5) is 32.8. The van der Waals surface area contributed by atoms with E-state index < -0.39 is 23.0 Å². The van der Waals surface area contributed by atoms with E-state index in [1.165, 1.54) is 24.3 Å². The summed E-state index contributed by atoms with van der Waals surface area (Å²) in [6, 6.07) is 3.71. The fraction of sp³-hybridized carbons (Fsp3) is 0.385. The third-order valence-corrected chi connectivity index (χ3v) is 2.76. The lowest BCUT2D eigenvalue weighted by Gasteiger charge is -2.14. The van der Waals surface area contributed by atoms with Crippen LogP contribution in [-0.4, -0.2) is 28.1 Å². The van der Waals surface area contributed by atoms with Crippen LogP contribution in [0.4, 0.5) is 16.2 Å². The Bertz CT molecular complexity index is 532. The van der Waals surface area contributed by atoms with Crippen molar-refractivity contribution in [3.63, 3.8) is 0 Å². The monoisotopic (exact) mass is 295 g/mol. The summed E-state index contributed by atoms with van der Waals surface area (Å²) >= 11 is 0. The lowest BCUT2D eigenvalue weighted by atomic mass is 10.1. The summed E-state index contributed by atoms with van der Waals surface area (Å²) in [5, 5.41) is 24.3. The van der Waals surface area contributed by atoms with Crippen molar-refractivity contribution < 1.29 is 19.6 Å². The normalized spacial score (nSPS) is 11.5. The number of amides is 2. The van der Waals surface area contributed by atoms with Crippen molar-refractivity contribution in [2.24, 2.45) is 0 Å². The average molecular weight is 295 g/mol. The first-order chi connectivity index (χ1) is 9.93. The minimum absolute atomic E-state index is 0.159. The third-order valence-electron chi connectivity index (χ3n) is 2.76. The zero-order chi connectivity index (χ0) is 15.8. The van der Waals surface area contributed by atoms with E-state index in [9.17, 15) is 19.7 Å². The Kier molecular flexibility index (Phi) is 6.12. The van der Waals surface area contributed by atoms with Crippen LogP contribution in [0.3, 0.4) is 0 Å². The second kappa shape index (κ2) is 7.83. The van der Waals surface area contributed by atoms with E-state index in [1.807, 2.05) is 6.92 Å². The second-order valence-corrected chi connectivity index (χ2v) is 4.44. The molecule has 1 rings (SSSR count). The predicted octanol–water partition coefficient (Wildman–Crippen LogP) is 2.36. The Morgan fingerprint density at radius 2 is 2.14 bits per heavy atom. The molecule has 8 nitrogen and oxygen atoms in total. The molecule has 0 radical (unpaired) electrons. The molecule has 3 N–H and O–H groups in total. The number of nitro benzene ring substituents is 1. The lowest BCUT2D eigenvalue weighted by molar-refractivity contribution is -0.384.